The highest BCUT2D eigenvalue weighted by atomic mass is 16.6. The number of nitro groups is 1. The molecule has 2 aromatic rings. The molecule has 1 amide bonds. The predicted octanol–water partition coefficient (Wildman–Crippen LogP) is 0.586. The van der Waals surface area contributed by atoms with E-state index in [4.69, 9.17) is 0 Å². The van der Waals surface area contributed by atoms with Crippen molar-refractivity contribution in [1.29, 1.82) is 0 Å². The Hall–Kier alpha value is -2.64. The molecule has 8 heteroatoms. The number of amides is 1. The Bertz CT molecular complexity index is 572. The number of nitrogens with zero attached hydrogens (tertiary/aromatic N) is 3. The van der Waals surface area contributed by atoms with Crippen LogP contribution in [0.5, 0.6) is 0 Å². The van der Waals surface area contributed by atoms with Gasteiger partial charge in [0.15, 0.2) is 0 Å². The molecule has 0 bridgehead atoms. The van der Waals surface area contributed by atoms with Gasteiger partial charge in [0.1, 0.15) is 5.69 Å². The van der Waals surface area contributed by atoms with Crippen molar-refractivity contribution >= 4 is 11.6 Å². The van der Waals surface area contributed by atoms with Crippen LogP contribution in [0.4, 0.5) is 5.69 Å². The summed E-state index contributed by atoms with van der Waals surface area (Å²) in [5.41, 5.74) is 0.887. The summed E-state index contributed by atoms with van der Waals surface area (Å²) in [6.45, 7) is 0.289. The van der Waals surface area contributed by atoms with Crippen LogP contribution in [0.25, 0.3) is 0 Å². The average molecular weight is 249 g/mol. The lowest BCUT2D eigenvalue weighted by Crippen LogP contribution is -2.24. The Morgan fingerprint density at radius 1 is 1.67 bits per heavy atom. The van der Waals surface area contributed by atoms with E-state index in [0.717, 1.165) is 5.69 Å². The number of carbonyl (C=O) groups excluding carboxylic acids is 1. The highest BCUT2D eigenvalue weighted by Gasteiger charge is 2.17. The molecule has 0 radical (unpaired) electrons. The second-order valence-corrected chi connectivity index (χ2v) is 3.71. The van der Waals surface area contributed by atoms with E-state index in [1.54, 1.807) is 13.2 Å². The number of aryl methyl sites for hydroxylation is 1. The Morgan fingerprint density at radius 3 is 3.00 bits per heavy atom. The van der Waals surface area contributed by atoms with Crippen molar-refractivity contribution in [3.05, 3.63) is 46.3 Å². The molecule has 94 valence electrons. The second kappa shape index (κ2) is 4.70. The van der Waals surface area contributed by atoms with Crippen LogP contribution in [0, 0.1) is 10.1 Å². The summed E-state index contributed by atoms with van der Waals surface area (Å²) in [5, 5.41) is 13.2. The third kappa shape index (κ3) is 2.37. The van der Waals surface area contributed by atoms with Crippen LogP contribution in [0.1, 0.15) is 16.2 Å². The topological polar surface area (TPSA) is 106 Å². The summed E-state index contributed by atoms with van der Waals surface area (Å²) < 4.78 is 1.42. The monoisotopic (exact) mass is 249 g/mol. The molecule has 0 saturated heterocycles. The highest BCUT2D eigenvalue weighted by molar-refractivity contribution is 5.93. The van der Waals surface area contributed by atoms with Gasteiger partial charge in [0, 0.05) is 19.3 Å². The third-order valence-corrected chi connectivity index (χ3v) is 2.43. The minimum absolute atomic E-state index is 0.107. The van der Waals surface area contributed by atoms with Gasteiger partial charge in [-0.3, -0.25) is 14.9 Å². The van der Waals surface area contributed by atoms with Gasteiger partial charge in [0.05, 0.1) is 29.7 Å². The lowest BCUT2D eigenvalue weighted by molar-refractivity contribution is -0.384. The Kier molecular flexibility index (Phi) is 3.09. The molecule has 0 fully saturated rings. The van der Waals surface area contributed by atoms with Gasteiger partial charge in [-0.15, -0.1) is 0 Å². The minimum Gasteiger partial charge on any atom is -0.347 e. The molecule has 0 atom stereocenters. The molecule has 2 aromatic heterocycles. The van der Waals surface area contributed by atoms with Crippen molar-refractivity contribution in [1.82, 2.24) is 19.9 Å². The fourth-order valence-corrected chi connectivity index (χ4v) is 1.52. The van der Waals surface area contributed by atoms with Crippen LogP contribution in [0.15, 0.2) is 24.8 Å². The summed E-state index contributed by atoms with van der Waals surface area (Å²) in [5.74, 6) is -0.375. The van der Waals surface area contributed by atoms with E-state index >= 15 is 0 Å². The zero-order chi connectivity index (χ0) is 13.1. The predicted molar refractivity (Wildman–Crippen MR) is 61.8 cm³/mol. The number of carbonyl (C=O) groups is 1. The van der Waals surface area contributed by atoms with Crippen LogP contribution in [0.3, 0.4) is 0 Å². The largest absolute Gasteiger partial charge is 0.347 e. The van der Waals surface area contributed by atoms with Crippen molar-refractivity contribution in [3.8, 4) is 0 Å². The van der Waals surface area contributed by atoms with Crippen LogP contribution in [-0.4, -0.2) is 25.4 Å². The number of nitrogens with one attached hydrogen (secondary N) is 2. The van der Waals surface area contributed by atoms with Gasteiger partial charge >= 0.3 is 0 Å². The molecule has 2 rings (SSSR count). The van der Waals surface area contributed by atoms with Crippen molar-refractivity contribution < 1.29 is 9.72 Å². The SMILES string of the molecule is Cn1cc([N+](=O)[O-])cc1C(=O)NCc1cnc[nH]1. The summed E-state index contributed by atoms with van der Waals surface area (Å²) in [4.78, 5) is 28.5. The van der Waals surface area contributed by atoms with Gasteiger partial charge in [0.25, 0.3) is 11.6 Å². The summed E-state index contributed by atoms with van der Waals surface area (Å²) >= 11 is 0. The van der Waals surface area contributed by atoms with E-state index in [2.05, 4.69) is 15.3 Å². The molecule has 8 nitrogen and oxygen atoms in total. The number of H-pyrrole nitrogens is 1. The molecule has 0 unspecified atom stereocenters. The van der Waals surface area contributed by atoms with Crippen LogP contribution >= 0.6 is 0 Å². The minimum atomic E-state index is -0.536. The summed E-state index contributed by atoms with van der Waals surface area (Å²) in [6, 6.07) is 1.24. The number of hydrogen-bond acceptors (Lipinski definition) is 4. The van der Waals surface area contributed by atoms with E-state index in [9.17, 15) is 14.9 Å². The van der Waals surface area contributed by atoms with Crippen molar-refractivity contribution in [2.24, 2.45) is 7.05 Å². The van der Waals surface area contributed by atoms with Gasteiger partial charge in [-0.1, -0.05) is 0 Å². The number of rotatable bonds is 4. The van der Waals surface area contributed by atoms with Gasteiger partial charge < -0.3 is 14.9 Å². The van der Waals surface area contributed by atoms with Crippen molar-refractivity contribution in [2.45, 2.75) is 6.54 Å². The molecule has 0 aliphatic carbocycles. The first-order chi connectivity index (χ1) is 8.58. The Labute approximate surface area is 102 Å². The second-order valence-electron chi connectivity index (χ2n) is 3.71. The lowest BCUT2D eigenvalue weighted by Gasteiger charge is -2.03. The van der Waals surface area contributed by atoms with Gasteiger partial charge in [-0.2, -0.15) is 0 Å². The van der Waals surface area contributed by atoms with Gasteiger partial charge in [-0.05, 0) is 0 Å². The quantitative estimate of drug-likeness (QED) is 0.610. The molecule has 18 heavy (non-hydrogen) atoms. The van der Waals surface area contributed by atoms with Gasteiger partial charge in [0.2, 0.25) is 0 Å². The molecule has 0 aliphatic heterocycles. The maximum atomic E-state index is 11.8. The van der Waals surface area contributed by atoms with Crippen LogP contribution < -0.4 is 5.32 Å². The summed E-state index contributed by atoms with van der Waals surface area (Å²) in [6.07, 6.45) is 4.40. The smallest absolute Gasteiger partial charge is 0.287 e. The van der Waals surface area contributed by atoms with Crippen LogP contribution in [-0.2, 0) is 13.6 Å². The van der Waals surface area contributed by atoms with Crippen LogP contribution in [0.2, 0.25) is 0 Å². The maximum absolute atomic E-state index is 11.8. The molecule has 2 N–H and O–H groups in total. The molecule has 0 aromatic carbocycles. The van der Waals surface area contributed by atoms with E-state index in [-0.39, 0.29) is 23.8 Å². The number of hydrogen-bond donors (Lipinski definition) is 2. The number of aromatic amines is 1. The fourth-order valence-electron chi connectivity index (χ4n) is 1.52. The molecule has 0 spiro atoms. The van der Waals surface area contributed by atoms with Crippen molar-refractivity contribution in [3.63, 3.8) is 0 Å². The first kappa shape index (κ1) is 11.8. The Morgan fingerprint density at radius 2 is 2.44 bits per heavy atom. The maximum Gasteiger partial charge on any atom is 0.287 e. The average Bonchev–Trinajstić information content (AvgIpc) is 2.94. The standard InChI is InChI=1S/C10H11N5O3/c1-14-5-8(15(17)18)2-9(14)10(16)12-4-7-3-11-6-13-7/h2-3,5-6H,4H2,1H3,(H,11,13)(H,12,16). The highest BCUT2D eigenvalue weighted by Crippen LogP contribution is 2.14. The zero-order valence-electron chi connectivity index (χ0n) is 9.58. The first-order valence-electron chi connectivity index (χ1n) is 5.14. The first-order valence-corrected chi connectivity index (χ1v) is 5.14. The van der Waals surface area contributed by atoms with E-state index in [1.807, 2.05) is 0 Å². The molecular formula is C10H11N5O3. The summed E-state index contributed by atoms with van der Waals surface area (Å²) in [7, 11) is 1.58. The lowest BCUT2D eigenvalue weighted by atomic mass is 10.3. The molecular weight excluding hydrogens is 238 g/mol. The number of aromatic nitrogens is 3. The van der Waals surface area contributed by atoms with Crippen molar-refractivity contribution in [2.75, 3.05) is 0 Å². The Balaban J connectivity index is 2.06. The molecule has 0 saturated carbocycles. The number of imidazole rings is 1. The normalized spacial score (nSPS) is 10.3. The fraction of sp³-hybridized carbons (Fsp3) is 0.200. The third-order valence-electron chi connectivity index (χ3n) is 2.43. The molecule has 0 aliphatic rings. The van der Waals surface area contributed by atoms with E-state index < -0.39 is 4.92 Å². The van der Waals surface area contributed by atoms with E-state index in [0.29, 0.717) is 0 Å². The zero-order valence-corrected chi connectivity index (χ0v) is 9.58. The van der Waals surface area contributed by atoms with Gasteiger partial charge in [-0.25, -0.2) is 4.98 Å². The van der Waals surface area contributed by atoms with E-state index in [1.165, 1.54) is 23.2 Å². The molecule has 2 heterocycles.